The van der Waals surface area contributed by atoms with Crippen LogP contribution in [0.5, 0.6) is 0 Å². The van der Waals surface area contributed by atoms with Gasteiger partial charge in [0.15, 0.2) is 0 Å². The molecule has 12 heavy (non-hydrogen) atoms. The molecule has 0 aromatic carbocycles. The summed E-state index contributed by atoms with van der Waals surface area (Å²) in [6.45, 7) is 0.672. The van der Waals surface area contributed by atoms with Crippen LogP contribution in [-0.2, 0) is 0 Å². The zero-order chi connectivity index (χ0) is 9.40. The van der Waals surface area contributed by atoms with Gasteiger partial charge in [0.1, 0.15) is 0 Å². The van der Waals surface area contributed by atoms with E-state index in [0.717, 1.165) is 31.1 Å². The molecular weight excluding hydrogens is 228 g/mol. The summed E-state index contributed by atoms with van der Waals surface area (Å²) >= 11 is 3.32. The first-order valence-electron chi connectivity index (χ1n) is 4.19. The van der Waals surface area contributed by atoms with Crippen LogP contribution >= 0.6 is 15.9 Å². The van der Waals surface area contributed by atoms with E-state index in [1.54, 1.807) is 11.9 Å². The quantitative estimate of drug-likeness (QED) is 0.491. The fourth-order valence-corrected chi connectivity index (χ4v) is 1.38. The van der Waals surface area contributed by atoms with Gasteiger partial charge in [-0.05, 0) is 26.4 Å². The fraction of sp³-hybridized carbons (Fsp3) is 1.00. The summed E-state index contributed by atoms with van der Waals surface area (Å²) in [5.74, 6) is 0. The Labute approximate surface area is 81.3 Å². The van der Waals surface area contributed by atoms with Crippen molar-refractivity contribution in [3.05, 3.63) is 0 Å². The predicted molar refractivity (Wildman–Crippen MR) is 51.1 cm³/mol. The van der Waals surface area contributed by atoms with Crippen LogP contribution in [0.1, 0.15) is 19.3 Å². The van der Waals surface area contributed by atoms with Crippen LogP contribution in [0.15, 0.2) is 0 Å². The minimum absolute atomic E-state index is 0.103. The molecule has 0 radical (unpaired) electrons. The Balaban J connectivity index is 3.14. The molecule has 1 nitrogen and oxygen atoms in total. The first-order valence-corrected chi connectivity index (χ1v) is 5.31. The van der Waals surface area contributed by atoms with Crippen molar-refractivity contribution in [2.24, 2.45) is 0 Å². The first-order chi connectivity index (χ1) is 5.66. The summed E-state index contributed by atoms with van der Waals surface area (Å²) in [4.78, 5) is 1.68. The second kappa shape index (κ2) is 7.92. The van der Waals surface area contributed by atoms with Crippen LogP contribution in [0.3, 0.4) is 0 Å². The average molecular weight is 244 g/mol. The molecule has 0 bridgehead atoms. The molecule has 74 valence electrons. The highest BCUT2D eigenvalue weighted by molar-refractivity contribution is 9.09. The van der Waals surface area contributed by atoms with Crippen molar-refractivity contribution in [3.63, 3.8) is 0 Å². The van der Waals surface area contributed by atoms with Gasteiger partial charge in [-0.1, -0.05) is 22.4 Å². The van der Waals surface area contributed by atoms with Crippen molar-refractivity contribution in [3.8, 4) is 0 Å². The number of halogens is 3. The lowest BCUT2D eigenvalue weighted by atomic mass is 10.2. The van der Waals surface area contributed by atoms with Gasteiger partial charge in [0, 0.05) is 5.33 Å². The van der Waals surface area contributed by atoms with Crippen LogP contribution in [0.2, 0.25) is 0 Å². The lowest BCUT2D eigenvalue weighted by Gasteiger charge is -2.15. The summed E-state index contributed by atoms with van der Waals surface area (Å²) in [5, 5.41) is 1.01. The monoisotopic (exact) mass is 243 g/mol. The molecular formula is C8H16BrF2N. The Morgan fingerprint density at radius 1 is 1.25 bits per heavy atom. The van der Waals surface area contributed by atoms with E-state index in [9.17, 15) is 8.78 Å². The van der Waals surface area contributed by atoms with Crippen LogP contribution < -0.4 is 0 Å². The maximum atomic E-state index is 11.8. The molecule has 0 saturated heterocycles. The zero-order valence-electron chi connectivity index (χ0n) is 7.40. The molecule has 0 aromatic heterocycles. The van der Waals surface area contributed by atoms with Crippen molar-refractivity contribution < 1.29 is 8.78 Å². The van der Waals surface area contributed by atoms with Gasteiger partial charge in [0.05, 0.1) is 6.54 Å². The number of rotatable bonds is 7. The molecule has 0 atom stereocenters. The van der Waals surface area contributed by atoms with E-state index in [0.29, 0.717) is 0 Å². The lowest BCUT2D eigenvalue weighted by Crippen LogP contribution is -2.25. The highest BCUT2D eigenvalue weighted by atomic mass is 79.9. The summed E-state index contributed by atoms with van der Waals surface area (Å²) in [5.41, 5.74) is 0. The SMILES string of the molecule is CN(CCCCCBr)CC(F)F. The van der Waals surface area contributed by atoms with E-state index < -0.39 is 6.43 Å². The molecule has 0 saturated carbocycles. The summed E-state index contributed by atoms with van der Waals surface area (Å²) in [6.07, 6.45) is 1.04. The normalized spacial score (nSPS) is 11.5. The molecule has 0 aliphatic heterocycles. The summed E-state index contributed by atoms with van der Waals surface area (Å²) in [6, 6.07) is 0. The maximum absolute atomic E-state index is 11.8. The topological polar surface area (TPSA) is 3.24 Å². The molecule has 0 spiro atoms. The second-order valence-corrected chi connectivity index (χ2v) is 3.70. The van der Waals surface area contributed by atoms with Crippen molar-refractivity contribution in [1.29, 1.82) is 0 Å². The van der Waals surface area contributed by atoms with Gasteiger partial charge >= 0.3 is 0 Å². The van der Waals surface area contributed by atoms with Crippen LogP contribution in [0, 0.1) is 0 Å². The third-order valence-corrected chi connectivity index (χ3v) is 2.18. The van der Waals surface area contributed by atoms with Gasteiger partial charge < -0.3 is 4.90 Å². The van der Waals surface area contributed by atoms with Crippen LogP contribution in [-0.4, -0.2) is 36.8 Å². The molecule has 4 heteroatoms. The van der Waals surface area contributed by atoms with Crippen molar-refractivity contribution >= 4 is 15.9 Å². The minimum Gasteiger partial charge on any atom is -0.301 e. The third-order valence-electron chi connectivity index (χ3n) is 1.62. The molecule has 0 aliphatic carbocycles. The average Bonchev–Trinajstić information content (AvgIpc) is 1.97. The largest absolute Gasteiger partial charge is 0.301 e. The highest BCUT2D eigenvalue weighted by Crippen LogP contribution is 2.01. The molecule has 0 N–H and O–H groups in total. The molecule has 0 fully saturated rings. The number of hydrogen-bond acceptors (Lipinski definition) is 1. The Morgan fingerprint density at radius 3 is 2.42 bits per heavy atom. The molecule has 0 amide bonds. The Morgan fingerprint density at radius 2 is 1.92 bits per heavy atom. The molecule has 0 heterocycles. The maximum Gasteiger partial charge on any atom is 0.251 e. The first kappa shape index (κ1) is 12.3. The van der Waals surface area contributed by atoms with Gasteiger partial charge in [-0.25, -0.2) is 8.78 Å². The third kappa shape index (κ3) is 8.40. The fourth-order valence-electron chi connectivity index (χ4n) is 0.980. The van der Waals surface area contributed by atoms with E-state index in [1.165, 1.54) is 0 Å². The standard InChI is InChI=1S/C8H16BrF2N/c1-12(7-8(10)11)6-4-2-3-5-9/h8H,2-7H2,1H3. The minimum atomic E-state index is -2.20. The van der Waals surface area contributed by atoms with E-state index in [1.807, 2.05) is 0 Å². The van der Waals surface area contributed by atoms with Gasteiger partial charge in [-0.2, -0.15) is 0 Å². The Kier molecular flexibility index (Phi) is 8.12. The number of alkyl halides is 3. The van der Waals surface area contributed by atoms with Gasteiger partial charge in [-0.3, -0.25) is 0 Å². The van der Waals surface area contributed by atoms with Gasteiger partial charge in [0.25, 0.3) is 6.43 Å². The van der Waals surface area contributed by atoms with Gasteiger partial charge in [-0.15, -0.1) is 0 Å². The zero-order valence-corrected chi connectivity index (χ0v) is 8.99. The van der Waals surface area contributed by atoms with Crippen molar-refractivity contribution in [1.82, 2.24) is 4.90 Å². The summed E-state index contributed by atoms with van der Waals surface area (Å²) < 4.78 is 23.6. The second-order valence-electron chi connectivity index (χ2n) is 2.90. The van der Waals surface area contributed by atoms with Gasteiger partial charge in [0.2, 0.25) is 0 Å². The Bertz CT molecular complexity index is 101. The lowest BCUT2D eigenvalue weighted by molar-refractivity contribution is 0.0996. The van der Waals surface area contributed by atoms with Crippen molar-refractivity contribution in [2.75, 3.05) is 25.5 Å². The van der Waals surface area contributed by atoms with E-state index >= 15 is 0 Å². The van der Waals surface area contributed by atoms with E-state index in [4.69, 9.17) is 0 Å². The predicted octanol–water partition coefficient (Wildman–Crippen LogP) is 2.75. The van der Waals surface area contributed by atoms with E-state index in [-0.39, 0.29) is 6.54 Å². The number of nitrogens with zero attached hydrogens (tertiary/aromatic N) is 1. The van der Waals surface area contributed by atoms with Crippen LogP contribution in [0.4, 0.5) is 8.78 Å². The molecule has 0 aliphatic rings. The number of unbranched alkanes of at least 4 members (excludes halogenated alkanes) is 2. The molecule has 0 aromatic rings. The van der Waals surface area contributed by atoms with E-state index in [2.05, 4.69) is 15.9 Å². The number of hydrogen-bond donors (Lipinski definition) is 0. The highest BCUT2D eigenvalue weighted by Gasteiger charge is 2.06. The summed E-state index contributed by atoms with van der Waals surface area (Å²) in [7, 11) is 1.74. The van der Waals surface area contributed by atoms with Crippen molar-refractivity contribution in [2.45, 2.75) is 25.7 Å². The smallest absolute Gasteiger partial charge is 0.251 e. The van der Waals surface area contributed by atoms with Crippen LogP contribution in [0.25, 0.3) is 0 Å². The Hall–Kier alpha value is 0.300. The molecule has 0 rings (SSSR count). The molecule has 0 unspecified atom stereocenters.